The van der Waals surface area contributed by atoms with E-state index in [1.807, 2.05) is 19.3 Å². The summed E-state index contributed by atoms with van der Waals surface area (Å²) in [4.78, 5) is 4.34. The Bertz CT molecular complexity index is 847. The molecule has 0 bridgehead atoms. The van der Waals surface area contributed by atoms with Crippen LogP contribution in [0.4, 0.5) is 0 Å². The number of aliphatic imine (C=N–C) groups is 1. The fourth-order valence-corrected chi connectivity index (χ4v) is 8.44. The average molecular weight is 388 g/mol. The van der Waals surface area contributed by atoms with E-state index in [4.69, 9.17) is 4.43 Å². The van der Waals surface area contributed by atoms with Gasteiger partial charge in [0.15, 0.2) is 0 Å². The van der Waals surface area contributed by atoms with Crippen molar-refractivity contribution in [2.75, 3.05) is 7.05 Å². The van der Waals surface area contributed by atoms with E-state index >= 15 is 0 Å². The second kappa shape index (κ2) is 8.68. The van der Waals surface area contributed by atoms with Crippen molar-refractivity contribution in [2.45, 2.75) is 31.9 Å². The van der Waals surface area contributed by atoms with Crippen molar-refractivity contribution in [1.29, 1.82) is 0 Å². The lowest BCUT2D eigenvalue weighted by atomic mass is 10.1. The Kier molecular flexibility index (Phi) is 6.27. The summed E-state index contributed by atoms with van der Waals surface area (Å²) in [7, 11) is -0.813. The van der Waals surface area contributed by atoms with Crippen LogP contribution in [-0.2, 0) is 4.43 Å². The molecule has 0 spiro atoms. The quantitative estimate of drug-likeness (QED) is 0.431. The molecule has 0 fully saturated rings. The van der Waals surface area contributed by atoms with E-state index in [0.29, 0.717) is 0 Å². The Morgan fingerprint density at radius 2 is 1.18 bits per heavy atom. The van der Waals surface area contributed by atoms with Crippen molar-refractivity contribution in [1.82, 2.24) is 0 Å². The van der Waals surface area contributed by atoms with Gasteiger partial charge in [0.25, 0.3) is 8.32 Å². The van der Waals surface area contributed by atoms with Crippen LogP contribution in [0.5, 0.6) is 0 Å². The van der Waals surface area contributed by atoms with E-state index in [-0.39, 0.29) is 11.1 Å². The number of hydrogen-bond donors (Lipinski definition) is 0. The van der Waals surface area contributed by atoms with Crippen molar-refractivity contribution in [2.24, 2.45) is 4.99 Å². The van der Waals surface area contributed by atoms with Gasteiger partial charge >= 0.3 is 0 Å². The third kappa shape index (κ3) is 4.01. The van der Waals surface area contributed by atoms with Crippen LogP contribution in [0.15, 0.2) is 96.0 Å². The van der Waals surface area contributed by atoms with E-state index in [1.165, 1.54) is 10.4 Å². The maximum atomic E-state index is 7.19. The van der Waals surface area contributed by atoms with Gasteiger partial charge in [0.1, 0.15) is 6.10 Å². The Morgan fingerprint density at radius 1 is 0.750 bits per heavy atom. The van der Waals surface area contributed by atoms with Crippen LogP contribution in [0.25, 0.3) is 0 Å². The zero-order valence-electron chi connectivity index (χ0n) is 17.2. The van der Waals surface area contributed by atoms with E-state index in [1.54, 1.807) is 0 Å². The Balaban J connectivity index is 2.23. The summed E-state index contributed by atoms with van der Waals surface area (Å²) in [5, 5.41) is 2.49. The van der Waals surface area contributed by atoms with Crippen molar-refractivity contribution < 1.29 is 4.43 Å². The van der Waals surface area contributed by atoms with E-state index in [2.05, 4.69) is 111 Å². The van der Waals surface area contributed by atoms with Gasteiger partial charge in [-0.05, 0) is 21.0 Å². The molecule has 0 radical (unpaired) electrons. The topological polar surface area (TPSA) is 21.6 Å². The van der Waals surface area contributed by atoms with Gasteiger partial charge in [-0.25, -0.2) is 0 Å². The van der Waals surface area contributed by atoms with Gasteiger partial charge in [-0.15, -0.1) is 0 Å². The highest BCUT2D eigenvalue weighted by molar-refractivity contribution is 6.99. The van der Waals surface area contributed by atoms with Crippen LogP contribution in [0, 0.1) is 0 Å². The molecule has 0 saturated heterocycles. The minimum absolute atomic E-state index is 0.0652. The molecule has 144 valence electrons. The van der Waals surface area contributed by atoms with Gasteiger partial charge in [-0.2, -0.15) is 0 Å². The Morgan fingerprint density at radius 3 is 1.57 bits per heavy atom. The normalized spacial score (nSPS) is 13.6. The van der Waals surface area contributed by atoms with Crippen molar-refractivity contribution in [3.8, 4) is 0 Å². The van der Waals surface area contributed by atoms with E-state index in [9.17, 15) is 0 Å². The van der Waals surface area contributed by atoms with Crippen LogP contribution in [0.3, 0.4) is 0 Å². The first-order chi connectivity index (χ1) is 13.5. The predicted octanol–water partition coefficient (Wildman–Crippen LogP) is 5.00. The monoisotopic (exact) mass is 387 g/mol. The molecule has 0 unspecified atom stereocenters. The molecule has 0 aliphatic heterocycles. The van der Waals surface area contributed by atoms with Gasteiger partial charge in [0.05, 0.1) is 0 Å². The molecule has 0 N–H and O–H groups in total. The first kappa shape index (κ1) is 20.2. The summed E-state index contributed by atoms with van der Waals surface area (Å²) in [6.45, 7) is 6.89. The summed E-state index contributed by atoms with van der Waals surface area (Å²) in [6.07, 6.45) is 1.73. The predicted molar refractivity (Wildman–Crippen MR) is 122 cm³/mol. The minimum atomic E-state index is -2.62. The minimum Gasteiger partial charge on any atom is -0.395 e. The summed E-state index contributed by atoms with van der Waals surface area (Å²) in [5.41, 5.74) is 1.13. The first-order valence-corrected chi connectivity index (χ1v) is 11.7. The third-order valence-corrected chi connectivity index (χ3v) is 10.1. The Labute approximate surface area is 170 Å². The average Bonchev–Trinajstić information content (AvgIpc) is 2.72. The molecular weight excluding hydrogens is 358 g/mol. The first-order valence-electron chi connectivity index (χ1n) is 9.75. The van der Waals surface area contributed by atoms with Crippen LogP contribution in [0.2, 0.25) is 5.04 Å². The molecule has 3 aromatic rings. The van der Waals surface area contributed by atoms with Crippen LogP contribution >= 0.6 is 0 Å². The van der Waals surface area contributed by atoms with Crippen LogP contribution < -0.4 is 10.4 Å². The molecule has 0 aliphatic carbocycles. The molecule has 1 atom stereocenters. The SMILES string of the molecule is CN=C[C@H](O[Si](c1ccccc1)(c1ccccc1)C(C)(C)C)c1ccccc1. The van der Waals surface area contributed by atoms with Gasteiger partial charge in [-0.1, -0.05) is 112 Å². The van der Waals surface area contributed by atoms with Crippen molar-refractivity contribution in [3.05, 3.63) is 96.6 Å². The fraction of sp³-hybridized carbons (Fsp3) is 0.240. The maximum Gasteiger partial charge on any atom is 0.262 e. The molecular formula is C25H29NOSi. The summed E-state index contributed by atoms with van der Waals surface area (Å²) < 4.78 is 7.19. The third-order valence-electron chi connectivity index (χ3n) is 5.13. The van der Waals surface area contributed by atoms with Crippen LogP contribution in [-0.4, -0.2) is 21.6 Å². The van der Waals surface area contributed by atoms with Crippen LogP contribution in [0.1, 0.15) is 32.4 Å². The smallest absolute Gasteiger partial charge is 0.262 e. The largest absolute Gasteiger partial charge is 0.395 e. The molecule has 0 aliphatic rings. The fourth-order valence-electron chi connectivity index (χ4n) is 3.84. The highest BCUT2D eigenvalue weighted by Crippen LogP contribution is 2.39. The lowest BCUT2D eigenvalue weighted by molar-refractivity contribution is 0.260. The second-order valence-electron chi connectivity index (χ2n) is 8.02. The second-order valence-corrected chi connectivity index (χ2v) is 12.3. The van der Waals surface area contributed by atoms with Gasteiger partial charge in [0, 0.05) is 13.3 Å². The van der Waals surface area contributed by atoms with Gasteiger partial charge in [-0.3, -0.25) is 4.99 Å². The number of hydrogen-bond acceptors (Lipinski definition) is 2. The molecule has 0 heterocycles. The molecule has 0 amide bonds. The maximum absolute atomic E-state index is 7.19. The lowest BCUT2D eigenvalue weighted by Gasteiger charge is -2.44. The van der Waals surface area contributed by atoms with E-state index in [0.717, 1.165) is 5.56 Å². The lowest BCUT2D eigenvalue weighted by Crippen LogP contribution is -2.67. The number of rotatable bonds is 6. The summed E-state index contributed by atoms with van der Waals surface area (Å²) in [5.74, 6) is 0. The van der Waals surface area contributed by atoms with Crippen molar-refractivity contribution in [3.63, 3.8) is 0 Å². The molecule has 3 rings (SSSR count). The highest BCUT2D eigenvalue weighted by atomic mass is 28.4. The number of benzene rings is 3. The van der Waals surface area contributed by atoms with Gasteiger partial charge < -0.3 is 4.43 Å². The molecule has 3 aromatic carbocycles. The number of nitrogens with zero attached hydrogens (tertiary/aromatic N) is 1. The summed E-state index contributed by atoms with van der Waals surface area (Å²) >= 11 is 0. The molecule has 28 heavy (non-hydrogen) atoms. The molecule has 0 saturated carbocycles. The summed E-state index contributed by atoms with van der Waals surface area (Å²) in [6, 6.07) is 31.8. The van der Waals surface area contributed by atoms with E-state index < -0.39 is 8.32 Å². The molecule has 0 aromatic heterocycles. The zero-order valence-corrected chi connectivity index (χ0v) is 18.2. The molecule has 2 nitrogen and oxygen atoms in total. The molecule has 3 heteroatoms. The van der Waals surface area contributed by atoms with Crippen molar-refractivity contribution >= 4 is 24.9 Å². The van der Waals surface area contributed by atoms with Gasteiger partial charge in [0.2, 0.25) is 0 Å². The highest BCUT2D eigenvalue weighted by Gasteiger charge is 2.51. The standard InChI is InChI=1S/C25H29NOSi/c1-25(2,3)28(22-16-10-6-11-17-22,23-18-12-7-13-19-23)27-24(20-26-4)21-14-8-5-9-15-21/h5-20,24H,1-4H3/t24-/m0/s1. The Hall–Kier alpha value is -2.49. The zero-order chi connectivity index (χ0) is 20.0.